The van der Waals surface area contributed by atoms with Gasteiger partial charge in [-0.2, -0.15) is 0 Å². The number of halogens is 1. The predicted molar refractivity (Wildman–Crippen MR) is 121 cm³/mol. The average molecular weight is 476 g/mol. The van der Waals surface area contributed by atoms with Crippen LogP contribution in [0.5, 0.6) is 0 Å². The van der Waals surface area contributed by atoms with Crippen molar-refractivity contribution in [3.63, 3.8) is 0 Å². The quantitative estimate of drug-likeness (QED) is 0.488. The number of nitrogens with zero attached hydrogens (tertiary/aromatic N) is 3. The van der Waals surface area contributed by atoms with Gasteiger partial charge in [0.25, 0.3) is 0 Å². The van der Waals surface area contributed by atoms with Gasteiger partial charge in [-0.3, -0.25) is 0 Å². The SMILES string of the molecule is COC(=O)/C=C/c1ccc2cc(Br)cc(N3CCN(C(=O)OC(C)(C)C)CC3)c2n1. The van der Waals surface area contributed by atoms with Crippen LogP contribution in [0, 0.1) is 0 Å². The van der Waals surface area contributed by atoms with Crippen LogP contribution in [0.1, 0.15) is 26.5 Å². The van der Waals surface area contributed by atoms with Crippen LogP contribution in [0.15, 0.2) is 34.8 Å². The van der Waals surface area contributed by atoms with Crippen LogP contribution in [0.25, 0.3) is 17.0 Å². The molecular weight excluding hydrogens is 450 g/mol. The molecule has 0 atom stereocenters. The number of rotatable bonds is 3. The number of pyridine rings is 1. The molecule has 7 nitrogen and oxygen atoms in total. The van der Waals surface area contributed by atoms with Gasteiger partial charge in [0.15, 0.2) is 0 Å². The maximum Gasteiger partial charge on any atom is 0.410 e. The lowest BCUT2D eigenvalue weighted by Crippen LogP contribution is -2.50. The first-order valence-corrected chi connectivity index (χ1v) is 10.5. The molecule has 1 amide bonds. The number of carbonyl (C=O) groups excluding carboxylic acids is 2. The molecule has 0 N–H and O–H groups in total. The smallest absolute Gasteiger partial charge is 0.410 e. The fraction of sp³-hybridized carbons (Fsp3) is 0.409. The number of benzene rings is 1. The van der Waals surface area contributed by atoms with E-state index >= 15 is 0 Å². The summed E-state index contributed by atoms with van der Waals surface area (Å²) in [7, 11) is 1.34. The average Bonchev–Trinajstić information content (AvgIpc) is 2.70. The van der Waals surface area contributed by atoms with Crippen molar-refractivity contribution in [1.29, 1.82) is 0 Å². The van der Waals surface area contributed by atoms with Gasteiger partial charge in [-0.15, -0.1) is 0 Å². The van der Waals surface area contributed by atoms with E-state index in [1.807, 2.05) is 45.0 Å². The van der Waals surface area contributed by atoms with E-state index in [4.69, 9.17) is 9.72 Å². The minimum Gasteiger partial charge on any atom is -0.466 e. The summed E-state index contributed by atoms with van der Waals surface area (Å²) in [6, 6.07) is 7.88. The molecule has 1 aliphatic rings. The standard InChI is InChI=1S/C22H26BrN3O4/c1-22(2,3)30-21(28)26-11-9-25(10-12-26)18-14-16(23)13-15-5-6-17(24-20(15)18)7-8-19(27)29-4/h5-8,13-14H,9-12H2,1-4H3/b8-7+. The Bertz CT molecular complexity index is 976. The maximum atomic E-state index is 12.3. The van der Waals surface area contributed by atoms with Crippen LogP contribution in [0.3, 0.4) is 0 Å². The number of carbonyl (C=O) groups is 2. The van der Waals surface area contributed by atoms with Crippen LogP contribution >= 0.6 is 15.9 Å². The van der Waals surface area contributed by atoms with Crippen LogP contribution in [0.4, 0.5) is 10.5 Å². The second kappa shape index (κ2) is 9.04. The number of piperazine rings is 1. The third kappa shape index (κ3) is 5.50. The molecule has 8 heteroatoms. The molecule has 1 fully saturated rings. The Morgan fingerprint density at radius 2 is 1.83 bits per heavy atom. The number of methoxy groups -OCH3 is 1. The van der Waals surface area contributed by atoms with Crippen LogP contribution in [-0.2, 0) is 14.3 Å². The Balaban J connectivity index is 1.82. The molecule has 1 aromatic heterocycles. The molecular formula is C22H26BrN3O4. The lowest BCUT2D eigenvalue weighted by atomic mass is 10.1. The van der Waals surface area contributed by atoms with E-state index in [1.165, 1.54) is 13.2 Å². The van der Waals surface area contributed by atoms with Gasteiger partial charge in [0.05, 0.1) is 24.0 Å². The second-order valence-corrected chi connectivity index (χ2v) is 8.96. The van der Waals surface area contributed by atoms with Crippen molar-refractivity contribution < 1.29 is 19.1 Å². The highest BCUT2D eigenvalue weighted by atomic mass is 79.9. The highest BCUT2D eigenvalue weighted by molar-refractivity contribution is 9.10. The number of esters is 1. The van der Waals surface area contributed by atoms with Crippen LogP contribution in [-0.4, -0.2) is 60.8 Å². The number of fused-ring (bicyclic) bond motifs is 1. The van der Waals surface area contributed by atoms with Gasteiger partial charge in [-0.05, 0) is 45.0 Å². The van der Waals surface area contributed by atoms with E-state index in [2.05, 4.69) is 25.6 Å². The fourth-order valence-corrected chi connectivity index (χ4v) is 3.67. The van der Waals surface area contributed by atoms with E-state index in [-0.39, 0.29) is 6.09 Å². The molecule has 0 bridgehead atoms. The number of hydrogen-bond acceptors (Lipinski definition) is 6. The van der Waals surface area contributed by atoms with Gasteiger partial charge < -0.3 is 19.3 Å². The minimum atomic E-state index is -0.507. The van der Waals surface area contributed by atoms with Crippen molar-refractivity contribution in [3.8, 4) is 0 Å². The van der Waals surface area contributed by atoms with Gasteiger partial charge in [0.1, 0.15) is 5.60 Å². The van der Waals surface area contributed by atoms with Crippen molar-refractivity contribution in [2.24, 2.45) is 0 Å². The topological polar surface area (TPSA) is 72.0 Å². The molecule has 0 aliphatic carbocycles. The molecule has 2 heterocycles. The van der Waals surface area contributed by atoms with E-state index in [0.29, 0.717) is 31.9 Å². The maximum absolute atomic E-state index is 12.3. The van der Waals surface area contributed by atoms with E-state index in [1.54, 1.807) is 11.0 Å². The van der Waals surface area contributed by atoms with Crippen LogP contribution in [0.2, 0.25) is 0 Å². The summed E-state index contributed by atoms with van der Waals surface area (Å²) in [5, 5.41) is 0.990. The Hall–Kier alpha value is -2.61. The predicted octanol–water partition coefficient (Wildman–Crippen LogP) is 4.24. The molecule has 1 aliphatic heterocycles. The molecule has 0 unspecified atom stereocenters. The number of anilines is 1. The van der Waals surface area contributed by atoms with Crippen molar-refractivity contribution in [2.45, 2.75) is 26.4 Å². The Labute approximate surface area is 184 Å². The Morgan fingerprint density at radius 3 is 2.47 bits per heavy atom. The summed E-state index contributed by atoms with van der Waals surface area (Å²) < 4.78 is 11.1. The zero-order valence-electron chi connectivity index (χ0n) is 17.6. The summed E-state index contributed by atoms with van der Waals surface area (Å²) in [5.41, 5.74) is 1.99. The summed E-state index contributed by atoms with van der Waals surface area (Å²) in [6.07, 6.45) is 2.71. The molecule has 2 aromatic rings. The first-order valence-electron chi connectivity index (χ1n) is 9.75. The van der Waals surface area contributed by atoms with Gasteiger partial charge in [0.2, 0.25) is 0 Å². The van der Waals surface area contributed by atoms with Gasteiger partial charge in [0, 0.05) is 42.1 Å². The number of hydrogen-bond donors (Lipinski definition) is 0. The first-order chi connectivity index (χ1) is 14.2. The van der Waals surface area contributed by atoms with Crippen molar-refractivity contribution in [2.75, 3.05) is 38.2 Å². The van der Waals surface area contributed by atoms with E-state index in [0.717, 1.165) is 21.1 Å². The monoisotopic (exact) mass is 475 g/mol. The van der Waals surface area contributed by atoms with Gasteiger partial charge in [-0.1, -0.05) is 22.0 Å². The summed E-state index contributed by atoms with van der Waals surface area (Å²) in [6.45, 7) is 8.10. The zero-order valence-corrected chi connectivity index (χ0v) is 19.2. The molecule has 0 radical (unpaired) electrons. The summed E-state index contributed by atoms with van der Waals surface area (Å²) >= 11 is 3.58. The number of amides is 1. The first kappa shape index (κ1) is 22.1. The number of aromatic nitrogens is 1. The molecule has 0 spiro atoms. The van der Waals surface area contributed by atoms with E-state index < -0.39 is 11.6 Å². The van der Waals surface area contributed by atoms with E-state index in [9.17, 15) is 9.59 Å². The molecule has 1 saturated heterocycles. The largest absolute Gasteiger partial charge is 0.466 e. The Morgan fingerprint density at radius 1 is 1.13 bits per heavy atom. The second-order valence-electron chi connectivity index (χ2n) is 8.04. The highest BCUT2D eigenvalue weighted by Crippen LogP contribution is 2.31. The lowest BCUT2D eigenvalue weighted by Gasteiger charge is -2.37. The third-order valence-electron chi connectivity index (χ3n) is 4.62. The molecule has 3 rings (SSSR count). The molecule has 160 valence electrons. The molecule has 0 saturated carbocycles. The van der Waals surface area contributed by atoms with Crippen LogP contribution < -0.4 is 4.90 Å². The number of ether oxygens (including phenoxy) is 2. The fourth-order valence-electron chi connectivity index (χ4n) is 3.21. The summed E-state index contributed by atoms with van der Waals surface area (Å²) in [5.74, 6) is -0.425. The van der Waals surface area contributed by atoms with Crippen molar-refractivity contribution in [1.82, 2.24) is 9.88 Å². The summed E-state index contributed by atoms with van der Waals surface area (Å²) in [4.78, 5) is 32.4. The molecule has 30 heavy (non-hydrogen) atoms. The normalized spacial score (nSPS) is 15.0. The van der Waals surface area contributed by atoms with Gasteiger partial charge >= 0.3 is 12.1 Å². The van der Waals surface area contributed by atoms with Crippen molar-refractivity contribution >= 4 is 50.7 Å². The lowest BCUT2D eigenvalue weighted by molar-refractivity contribution is -0.134. The minimum absolute atomic E-state index is 0.283. The third-order valence-corrected chi connectivity index (χ3v) is 5.08. The van der Waals surface area contributed by atoms with Gasteiger partial charge in [-0.25, -0.2) is 14.6 Å². The highest BCUT2D eigenvalue weighted by Gasteiger charge is 2.26. The zero-order chi connectivity index (χ0) is 21.9. The Kier molecular flexibility index (Phi) is 6.65. The molecule has 1 aromatic carbocycles. The van der Waals surface area contributed by atoms with Crippen molar-refractivity contribution in [3.05, 3.63) is 40.5 Å².